The first-order valence-corrected chi connectivity index (χ1v) is 6.83. The average molecular weight is 285 g/mol. The highest BCUT2D eigenvalue weighted by atomic mass is 32.1. The number of thiazole rings is 1. The van der Waals surface area contributed by atoms with Crippen LogP contribution in [-0.2, 0) is 6.54 Å². The van der Waals surface area contributed by atoms with E-state index in [4.69, 9.17) is 10.2 Å². The summed E-state index contributed by atoms with van der Waals surface area (Å²) in [5.74, 6) is -1.08. The summed E-state index contributed by atoms with van der Waals surface area (Å²) in [4.78, 5) is 28.0. The lowest BCUT2D eigenvalue weighted by Crippen LogP contribution is -2.42. The summed E-state index contributed by atoms with van der Waals surface area (Å²) >= 11 is 1.19. The molecule has 8 heteroatoms. The van der Waals surface area contributed by atoms with Crippen molar-refractivity contribution in [1.82, 2.24) is 15.2 Å². The van der Waals surface area contributed by atoms with Gasteiger partial charge in [-0.25, -0.2) is 14.6 Å². The van der Waals surface area contributed by atoms with Crippen LogP contribution >= 0.6 is 11.3 Å². The van der Waals surface area contributed by atoms with Gasteiger partial charge < -0.3 is 20.4 Å². The fraction of sp³-hybridized carbons (Fsp3) is 0.545. The van der Waals surface area contributed by atoms with E-state index in [1.165, 1.54) is 16.7 Å². The van der Waals surface area contributed by atoms with E-state index >= 15 is 0 Å². The van der Waals surface area contributed by atoms with Gasteiger partial charge >= 0.3 is 12.0 Å². The van der Waals surface area contributed by atoms with Gasteiger partial charge in [0.05, 0.1) is 13.2 Å². The maximum absolute atomic E-state index is 11.9. The Bertz CT molecular complexity index is 472. The second kappa shape index (κ2) is 5.98. The minimum Gasteiger partial charge on any atom is -0.476 e. The van der Waals surface area contributed by atoms with Crippen molar-refractivity contribution in [1.29, 1.82) is 0 Å². The molecule has 1 aliphatic rings. The molecular weight excluding hydrogens is 270 g/mol. The number of carbonyl (C=O) groups excluding carboxylic acids is 1. The maximum atomic E-state index is 11.9. The van der Waals surface area contributed by atoms with E-state index in [2.05, 4.69) is 10.3 Å². The summed E-state index contributed by atoms with van der Waals surface area (Å²) in [6, 6.07) is -0.0262. The Balaban J connectivity index is 1.86. The predicted octanol–water partition coefficient (Wildman–Crippen LogP) is 0.508. The van der Waals surface area contributed by atoms with Crippen LogP contribution in [0, 0.1) is 0 Å². The molecule has 0 spiro atoms. The van der Waals surface area contributed by atoms with Gasteiger partial charge in [-0.05, 0) is 12.8 Å². The van der Waals surface area contributed by atoms with E-state index in [-0.39, 0.29) is 30.9 Å². The van der Waals surface area contributed by atoms with Crippen LogP contribution in [0.15, 0.2) is 5.38 Å². The monoisotopic (exact) mass is 285 g/mol. The molecule has 104 valence electrons. The number of aromatic carboxylic acids is 1. The smallest absolute Gasteiger partial charge is 0.355 e. The van der Waals surface area contributed by atoms with Crippen molar-refractivity contribution in [2.24, 2.45) is 0 Å². The zero-order valence-corrected chi connectivity index (χ0v) is 11.0. The van der Waals surface area contributed by atoms with Crippen molar-refractivity contribution in [3.05, 3.63) is 16.1 Å². The van der Waals surface area contributed by atoms with Crippen LogP contribution in [0.25, 0.3) is 0 Å². The lowest BCUT2D eigenvalue weighted by molar-refractivity contribution is 0.0691. The molecule has 7 nitrogen and oxygen atoms in total. The van der Waals surface area contributed by atoms with Gasteiger partial charge in [0.15, 0.2) is 5.69 Å². The number of aliphatic hydroxyl groups is 1. The first kappa shape index (κ1) is 13.8. The summed E-state index contributed by atoms with van der Waals surface area (Å²) in [5.41, 5.74) is -0.0105. The van der Waals surface area contributed by atoms with Crippen molar-refractivity contribution in [2.45, 2.75) is 25.4 Å². The molecule has 3 N–H and O–H groups in total. The lowest BCUT2D eigenvalue weighted by atomic mass is 10.5. The number of carboxylic acids is 1. The van der Waals surface area contributed by atoms with Gasteiger partial charge in [-0.15, -0.1) is 11.3 Å². The number of amides is 2. The Morgan fingerprint density at radius 3 is 2.79 bits per heavy atom. The molecule has 1 aliphatic carbocycles. The summed E-state index contributed by atoms with van der Waals surface area (Å²) in [6.45, 7) is 0.449. The van der Waals surface area contributed by atoms with Crippen LogP contribution in [0.1, 0.15) is 28.3 Å². The molecule has 0 atom stereocenters. The van der Waals surface area contributed by atoms with Crippen LogP contribution in [-0.4, -0.2) is 51.3 Å². The molecule has 1 aromatic heterocycles. The topological polar surface area (TPSA) is 103 Å². The zero-order chi connectivity index (χ0) is 13.8. The molecule has 2 amide bonds. The second-order valence-electron chi connectivity index (χ2n) is 4.24. The average Bonchev–Trinajstić information content (AvgIpc) is 3.10. The third-order valence-corrected chi connectivity index (χ3v) is 3.60. The lowest BCUT2D eigenvalue weighted by Gasteiger charge is -2.21. The SMILES string of the molecule is O=C(O)c1csc(CNC(=O)N(CCO)C2CC2)n1. The summed E-state index contributed by atoms with van der Waals surface area (Å²) in [6.07, 6.45) is 1.93. The van der Waals surface area contributed by atoms with Crippen LogP contribution in [0.3, 0.4) is 0 Å². The number of hydrogen-bond donors (Lipinski definition) is 3. The fourth-order valence-electron chi connectivity index (χ4n) is 1.69. The second-order valence-corrected chi connectivity index (χ2v) is 5.18. The van der Waals surface area contributed by atoms with Gasteiger partial charge in [0.1, 0.15) is 5.01 Å². The largest absolute Gasteiger partial charge is 0.476 e. The molecule has 1 aromatic rings. The van der Waals surface area contributed by atoms with E-state index in [0.29, 0.717) is 11.6 Å². The first-order chi connectivity index (χ1) is 9.11. The molecule has 0 saturated heterocycles. The number of aromatic nitrogens is 1. The van der Waals surface area contributed by atoms with Gasteiger partial charge in [0, 0.05) is 18.0 Å². The Morgan fingerprint density at radius 1 is 1.53 bits per heavy atom. The standard InChI is InChI=1S/C11H15N3O4S/c15-4-3-14(7-1-2-7)11(18)12-5-9-13-8(6-19-9)10(16)17/h6-7,15H,1-5H2,(H,12,18)(H,16,17). The van der Waals surface area contributed by atoms with Gasteiger partial charge in [-0.2, -0.15) is 0 Å². The Kier molecular flexibility index (Phi) is 4.33. The van der Waals surface area contributed by atoms with Crippen molar-refractivity contribution in [3.63, 3.8) is 0 Å². The van der Waals surface area contributed by atoms with Crippen molar-refractivity contribution >= 4 is 23.3 Å². The van der Waals surface area contributed by atoms with E-state index in [1.807, 2.05) is 0 Å². The molecule has 0 radical (unpaired) electrons. The van der Waals surface area contributed by atoms with E-state index < -0.39 is 5.97 Å². The maximum Gasteiger partial charge on any atom is 0.355 e. The predicted molar refractivity (Wildman–Crippen MR) is 68.1 cm³/mol. The van der Waals surface area contributed by atoms with Crippen LogP contribution in [0.2, 0.25) is 0 Å². The van der Waals surface area contributed by atoms with Gasteiger partial charge in [-0.1, -0.05) is 0 Å². The Hall–Kier alpha value is -1.67. The third-order valence-electron chi connectivity index (χ3n) is 2.75. The minimum atomic E-state index is -1.08. The highest BCUT2D eigenvalue weighted by molar-refractivity contribution is 7.09. The van der Waals surface area contributed by atoms with E-state index in [0.717, 1.165) is 12.8 Å². The van der Waals surface area contributed by atoms with Crippen LogP contribution in [0.5, 0.6) is 0 Å². The molecule has 0 aromatic carbocycles. The number of nitrogens with zero attached hydrogens (tertiary/aromatic N) is 2. The Labute approximate surface area is 113 Å². The number of nitrogens with one attached hydrogen (secondary N) is 1. The van der Waals surface area contributed by atoms with E-state index in [9.17, 15) is 9.59 Å². The molecule has 0 unspecified atom stereocenters. The number of carbonyl (C=O) groups is 2. The number of rotatable bonds is 6. The number of urea groups is 1. The van der Waals surface area contributed by atoms with Gasteiger partial charge in [-0.3, -0.25) is 0 Å². The van der Waals surface area contributed by atoms with Gasteiger partial charge in [0.25, 0.3) is 0 Å². The molecule has 1 fully saturated rings. The van der Waals surface area contributed by atoms with Crippen LogP contribution < -0.4 is 5.32 Å². The summed E-state index contributed by atoms with van der Waals surface area (Å²) in [7, 11) is 0. The highest BCUT2D eigenvalue weighted by Crippen LogP contribution is 2.26. The van der Waals surface area contributed by atoms with Crippen LogP contribution in [0.4, 0.5) is 4.79 Å². The number of hydrogen-bond acceptors (Lipinski definition) is 5. The molecule has 1 heterocycles. The van der Waals surface area contributed by atoms with Crippen molar-refractivity contribution < 1.29 is 19.8 Å². The van der Waals surface area contributed by atoms with Crippen molar-refractivity contribution in [2.75, 3.05) is 13.2 Å². The molecular formula is C11H15N3O4S. The molecule has 2 rings (SSSR count). The summed E-state index contributed by atoms with van der Waals surface area (Å²) in [5, 5.41) is 22.3. The summed E-state index contributed by atoms with van der Waals surface area (Å²) < 4.78 is 0. The number of aliphatic hydroxyl groups excluding tert-OH is 1. The zero-order valence-electron chi connectivity index (χ0n) is 10.2. The fourth-order valence-corrected chi connectivity index (χ4v) is 2.39. The molecule has 19 heavy (non-hydrogen) atoms. The third kappa shape index (κ3) is 3.65. The van der Waals surface area contributed by atoms with Gasteiger partial charge in [0.2, 0.25) is 0 Å². The Morgan fingerprint density at radius 2 is 2.26 bits per heavy atom. The molecule has 0 bridgehead atoms. The molecule has 0 aliphatic heterocycles. The first-order valence-electron chi connectivity index (χ1n) is 5.95. The number of carboxylic acid groups (broad SMARTS) is 1. The minimum absolute atomic E-state index is 0.0105. The van der Waals surface area contributed by atoms with Crippen molar-refractivity contribution in [3.8, 4) is 0 Å². The highest BCUT2D eigenvalue weighted by Gasteiger charge is 2.32. The molecule has 1 saturated carbocycles. The quantitative estimate of drug-likeness (QED) is 0.706. The normalized spacial score (nSPS) is 14.2. The van der Waals surface area contributed by atoms with E-state index in [1.54, 1.807) is 4.90 Å².